The van der Waals surface area contributed by atoms with Crippen LogP contribution in [0.25, 0.3) is 75.2 Å². The second kappa shape index (κ2) is 13.7. The van der Waals surface area contributed by atoms with E-state index in [1.54, 1.807) is 93.5 Å². The van der Waals surface area contributed by atoms with Crippen LogP contribution in [0.4, 0.5) is 0 Å². The van der Waals surface area contributed by atoms with E-state index in [4.69, 9.17) is 0 Å². The average molecular weight is 863 g/mol. The molecule has 13 heteroatoms. The highest BCUT2D eigenvalue weighted by Crippen LogP contribution is 2.45. The lowest BCUT2D eigenvalue weighted by atomic mass is 10.1. The molecule has 0 fully saturated rings. The first-order valence-electron chi connectivity index (χ1n) is 17.9. The number of rotatable bonds is 7. The fourth-order valence-corrected chi connectivity index (χ4v) is 15.4. The number of nitrogens with zero attached hydrogens (tertiary/aromatic N) is 2. The zero-order chi connectivity index (χ0) is 38.6. The number of aryl methyl sites for hydroxylation is 1. The fourth-order valence-electron chi connectivity index (χ4n) is 7.25. The van der Waals surface area contributed by atoms with Crippen molar-refractivity contribution >= 4 is 125 Å². The van der Waals surface area contributed by atoms with E-state index in [1.807, 2.05) is 24.3 Å². The predicted molar refractivity (Wildman–Crippen MR) is 246 cm³/mol. The summed E-state index contributed by atoms with van der Waals surface area (Å²) in [4.78, 5) is 65.0. The molecule has 0 bridgehead atoms. The van der Waals surface area contributed by atoms with Crippen LogP contribution >= 0.6 is 79.4 Å². The van der Waals surface area contributed by atoms with Crippen molar-refractivity contribution in [1.29, 1.82) is 0 Å². The van der Waals surface area contributed by atoms with Gasteiger partial charge in [-0.25, -0.2) is 0 Å². The zero-order valence-electron chi connectivity index (χ0n) is 30.4. The lowest BCUT2D eigenvalue weighted by Gasteiger charge is -1.99. The molecule has 9 aromatic rings. The molecule has 0 amide bonds. The highest BCUT2D eigenvalue weighted by atomic mass is 32.1. The number of fused-ring (bicyclic) bond motifs is 6. The molecule has 0 N–H and O–H groups in total. The summed E-state index contributed by atoms with van der Waals surface area (Å²) in [5.74, 6) is 0. The first kappa shape index (κ1) is 36.0. The van der Waals surface area contributed by atoms with Gasteiger partial charge in [-0.15, -0.1) is 79.4 Å². The summed E-state index contributed by atoms with van der Waals surface area (Å²) >= 11 is 11.5. The Kier molecular flexibility index (Phi) is 8.78. The Balaban J connectivity index is 0.974. The predicted octanol–water partition coefficient (Wildman–Crippen LogP) is 11.9. The molecule has 1 aliphatic carbocycles. The van der Waals surface area contributed by atoms with Crippen LogP contribution in [0.5, 0.6) is 0 Å². The molecule has 0 aliphatic heterocycles. The molecule has 0 unspecified atom stereocenters. The summed E-state index contributed by atoms with van der Waals surface area (Å²) in [5, 5.41) is 2.33. The van der Waals surface area contributed by atoms with Gasteiger partial charge in [0.2, 0.25) is 0 Å². The Labute approximate surface area is 347 Å². The molecule has 0 saturated heterocycles. The lowest BCUT2D eigenvalue weighted by molar-refractivity contribution is 0.845. The molecule has 10 rings (SSSR count). The highest BCUT2D eigenvalue weighted by Gasteiger charge is 2.21. The zero-order valence-corrected chi connectivity index (χ0v) is 36.2. The highest BCUT2D eigenvalue weighted by molar-refractivity contribution is 7.33. The monoisotopic (exact) mass is 862 g/mol. The van der Waals surface area contributed by atoms with E-state index in [0.29, 0.717) is 21.5 Å². The Bertz CT molecular complexity index is 3440. The summed E-state index contributed by atoms with van der Waals surface area (Å²) in [6.07, 6.45) is 7.00. The molecule has 6 nitrogen and oxygen atoms in total. The van der Waals surface area contributed by atoms with E-state index in [2.05, 4.69) is 62.4 Å². The number of aromatic nitrogens is 2. The van der Waals surface area contributed by atoms with Crippen molar-refractivity contribution in [1.82, 2.24) is 9.13 Å². The van der Waals surface area contributed by atoms with Gasteiger partial charge in [-0.05, 0) is 86.0 Å². The molecule has 9 aromatic heterocycles. The molecule has 0 saturated carbocycles. The van der Waals surface area contributed by atoms with Crippen LogP contribution in [0.1, 0.15) is 39.3 Å². The SMILES string of the molecule is CCC1=CC=C(c2cc3c(=O)n(C)c(=O)c4cc(-c5ccc(Cc6ccc(-c7cc8c(=O)n(C)c(=O)c9cc(-c%10ccc(C)s%10)sc9c8s7)s6)s5)sc4c3s2)C1. The van der Waals surface area contributed by atoms with Crippen molar-refractivity contribution in [3.63, 3.8) is 0 Å². The van der Waals surface area contributed by atoms with Crippen LogP contribution in [0.15, 0.2) is 97.6 Å². The normalized spacial score (nSPS) is 13.2. The van der Waals surface area contributed by atoms with Gasteiger partial charge in [-0.2, -0.15) is 0 Å². The minimum absolute atomic E-state index is 0.254. The summed E-state index contributed by atoms with van der Waals surface area (Å²) < 4.78 is 5.96. The minimum Gasteiger partial charge on any atom is -0.277 e. The summed E-state index contributed by atoms with van der Waals surface area (Å²) in [6, 6.07) is 20.6. The van der Waals surface area contributed by atoms with Crippen LogP contribution in [-0.2, 0) is 20.5 Å². The number of hydrogen-bond acceptors (Lipinski definition) is 11. The van der Waals surface area contributed by atoms with Gasteiger partial charge in [0, 0.05) is 69.3 Å². The molecule has 0 atom stereocenters. The number of hydrogen-bond donors (Lipinski definition) is 0. The Morgan fingerprint density at radius 3 is 1.32 bits per heavy atom. The third-order valence-corrected chi connectivity index (χ3v) is 19.0. The third-order valence-electron chi connectivity index (χ3n) is 10.3. The molecule has 0 radical (unpaired) electrons. The van der Waals surface area contributed by atoms with Crippen LogP contribution in [0.2, 0.25) is 0 Å². The van der Waals surface area contributed by atoms with Crippen molar-refractivity contribution in [2.45, 2.75) is 33.1 Å². The third kappa shape index (κ3) is 5.86. The maximum Gasteiger partial charge on any atom is 0.262 e. The first-order chi connectivity index (χ1) is 27.0. The molecule has 9 heterocycles. The van der Waals surface area contributed by atoms with E-state index in [9.17, 15) is 19.2 Å². The van der Waals surface area contributed by atoms with Crippen molar-refractivity contribution in [2.24, 2.45) is 14.1 Å². The van der Waals surface area contributed by atoms with Crippen molar-refractivity contribution < 1.29 is 0 Å². The minimum atomic E-state index is -0.275. The smallest absolute Gasteiger partial charge is 0.262 e. The molecular weight excluding hydrogens is 833 g/mol. The van der Waals surface area contributed by atoms with Gasteiger partial charge in [0.05, 0.1) is 40.3 Å². The Morgan fingerprint density at radius 1 is 0.500 bits per heavy atom. The molecule has 56 heavy (non-hydrogen) atoms. The van der Waals surface area contributed by atoms with Crippen LogP contribution in [0, 0.1) is 6.92 Å². The van der Waals surface area contributed by atoms with Gasteiger partial charge < -0.3 is 0 Å². The van der Waals surface area contributed by atoms with Crippen LogP contribution in [-0.4, -0.2) is 9.13 Å². The second-order valence-electron chi connectivity index (χ2n) is 13.9. The van der Waals surface area contributed by atoms with E-state index < -0.39 is 0 Å². The van der Waals surface area contributed by atoms with Crippen LogP contribution in [0.3, 0.4) is 0 Å². The fraction of sp³-hybridized carbons (Fsp3) is 0.163. The van der Waals surface area contributed by atoms with Gasteiger partial charge in [0.25, 0.3) is 22.2 Å². The van der Waals surface area contributed by atoms with Gasteiger partial charge in [0.15, 0.2) is 0 Å². The summed E-state index contributed by atoms with van der Waals surface area (Å²) in [7, 11) is 3.15. The number of allylic oxidation sites excluding steroid dienone is 4. The topological polar surface area (TPSA) is 78.1 Å². The van der Waals surface area contributed by atoms with Gasteiger partial charge in [-0.3, -0.25) is 28.3 Å². The molecule has 0 aromatic carbocycles. The van der Waals surface area contributed by atoms with Gasteiger partial charge >= 0.3 is 0 Å². The Hall–Kier alpha value is -4.34. The van der Waals surface area contributed by atoms with E-state index in [1.165, 1.54) is 34.9 Å². The summed E-state index contributed by atoms with van der Waals surface area (Å²) in [5.41, 5.74) is 1.54. The van der Waals surface area contributed by atoms with Gasteiger partial charge in [0.1, 0.15) is 0 Å². The number of thiophene rings is 7. The summed E-state index contributed by atoms with van der Waals surface area (Å²) in [6.45, 7) is 4.24. The van der Waals surface area contributed by atoms with Crippen molar-refractivity contribution in [3.8, 4) is 29.3 Å². The molecule has 1 aliphatic rings. The maximum absolute atomic E-state index is 13.6. The standard InChI is InChI=1S/C43H30N2O4S7/c1-5-21-7-8-22(14-21)32-16-25-36(53-32)37-27(42(48)44(3)40(25)46)18-34(55-37)30-12-9-23(51-30)15-24-10-13-31(52-24)35-19-28-39(56-35)38-26(41(47)45(4)43(28)49)17-33(54-38)29-11-6-20(2)50-29/h6-13,16-19H,5,14-15H2,1-4H3. The van der Waals surface area contributed by atoms with Gasteiger partial charge in [-0.1, -0.05) is 24.6 Å². The molecule has 0 spiro atoms. The largest absolute Gasteiger partial charge is 0.277 e. The first-order valence-corrected chi connectivity index (χ1v) is 23.6. The maximum atomic E-state index is 13.6. The van der Waals surface area contributed by atoms with Crippen molar-refractivity contribution in [2.75, 3.05) is 0 Å². The van der Waals surface area contributed by atoms with E-state index in [0.717, 1.165) is 72.2 Å². The lowest BCUT2D eigenvalue weighted by Crippen LogP contribution is -2.26. The van der Waals surface area contributed by atoms with Crippen molar-refractivity contribution in [3.05, 3.63) is 139 Å². The quantitative estimate of drug-likeness (QED) is 0.160. The van der Waals surface area contributed by atoms with E-state index >= 15 is 0 Å². The second-order valence-corrected chi connectivity index (χ2v) is 21.8. The van der Waals surface area contributed by atoms with Crippen LogP contribution < -0.4 is 22.2 Å². The average Bonchev–Trinajstić information content (AvgIpc) is 4.04. The molecular formula is C43H30N2O4S7. The van der Waals surface area contributed by atoms with E-state index in [-0.39, 0.29) is 22.2 Å². The molecule has 278 valence electrons. The Morgan fingerprint density at radius 2 is 0.911 bits per heavy atom.